The van der Waals surface area contributed by atoms with Crippen LogP contribution in [0.15, 0.2) is 35.5 Å². The topological polar surface area (TPSA) is 335 Å². The van der Waals surface area contributed by atoms with Crippen molar-refractivity contribution in [3.05, 3.63) is 36.0 Å². The molecule has 0 spiro atoms. The maximum atomic E-state index is 14.2. The summed E-state index contributed by atoms with van der Waals surface area (Å²) in [5, 5.41) is 26.4. The number of carboxylic acids is 2. The summed E-state index contributed by atoms with van der Waals surface area (Å²) in [6.45, 7) is 5.09. The summed E-state index contributed by atoms with van der Waals surface area (Å²) in [5.74, 6) is -6.53. The summed E-state index contributed by atoms with van der Waals surface area (Å²) >= 11 is 0. The summed E-state index contributed by atoms with van der Waals surface area (Å²) in [4.78, 5) is 100. The number of nitrogens with one attached hydrogen (secondary N) is 4. The number of halogens is 3. The number of aliphatic carboxylic acids is 2. The Bertz CT molecular complexity index is 1960. The second kappa shape index (κ2) is 24.8. The van der Waals surface area contributed by atoms with Crippen LogP contribution < -0.4 is 38.9 Å². The molecule has 2 aliphatic rings. The zero-order valence-corrected chi connectivity index (χ0v) is 36.1. The lowest BCUT2D eigenvalue weighted by molar-refractivity contribution is -0.192. The molecule has 1 aromatic carbocycles. The smallest absolute Gasteiger partial charge is 0.480 e. The Kier molecular flexibility index (Phi) is 20.3. The summed E-state index contributed by atoms with van der Waals surface area (Å²) in [6.07, 6.45) is 0.891. The number of guanidine groups is 1. The molecule has 0 aliphatic carbocycles. The first-order valence-electron chi connectivity index (χ1n) is 21.3. The maximum Gasteiger partial charge on any atom is 0.490 e. The van der Waals surface area contributed by atoms with Gasteiger partial charge in [-0.1, -0.05) is 32.0 Å². The van der Waals surface area contributed by atoms with E-state index in [1.54, 1.807) is 6.20 Å². The van der Waals surface area contributed by atoms with Crippen molar-refractivity contribution in [3.63, 3.8) is 0 Å². The molecule has 4 rings (SSSR count). The molecule has 2 saturated heterocycles. The molecule has 2 aromatic rings. The first-order valence-corrected chi connectivity index (χ1v) is 21.3. The molecule has 1 aromatic heterocycles. The minimum Gasteiger partial charge on any atom is -0.480 e. The second-order valence-corrected chi connectivity index (χ2v) is 16.2. The lowest BCUT2D eigenvalue weighted by Gasteiger charge is -2.31. The van der Waals surface area contributed by atoms with E-state index in [-0.39, 0.29) is 43.6 Å². The van der Waals surface area contributed by atoms with Crippen molar-refractivity contribution in [3.8, 4) is 0 Å². The number of unbranched alkanes of at least 4 members (excludes halogenated alkanes) is 1. The van der Waals surface area contributed by atoms with Crippen LogP contribution >= 0.6 is 0 Å². The van der Waals surface area contributed by atoms with Gasteiger partial charge in [0.1, 0.15) is 30.2 Å². The van der Waals surface area contributed by atoms with Gasteiger partial charge in [0.05, 0.1) is 6.04 Å². The number of carboxylic acid groups (broad SMARTS) is 2. The largest absolute Gasteiger partial charge is 0.490 e. The maximum absolute atomic E-state index is 14.2. The first-order chi connectivity index (χ1) is 30.2. The normalized spacial score (nSPS) is 18.0. The minimum atomic E-state index is -5.08. The van der Waals surface area contributed by atoms with E-state index in [0.29, 0.717) is 71.0 Å². The van der Waals surface area contributed by atoms with E-state index in [9.17, 15) is 47.0 Å². The number of benzene rings is 1. The molecule has 2 fully saturated rings. The molecule has 0 bridgehead atoms. The number of carbonyl (C=O) groups excluding carboxylic acids is 5. The van der Waals surface area contributed by atoms with Crippen molar-refractivity contribution in [1.29, 1.82) is 0 Å². The molecule has 20 nitrogen and oxygen atoms in total. The fraction of sp³-hybridized carbons (Fsp3) is 0.610. The molecular weight excluding hydrogens is 848 g/mol. The van der Waals surface area contributed by atoms with Crippen LogP contribution in [0.25, 0.3) is 10.9 Å². The predicted molar refractivity (Wildman–Crippen MR) is 229 cm³/mol. The summed E-state index contributed by atoms with van der Waals surface area (Å²) in [7, 11) is 0. The van der Waals surface area contributed by atoms with Gasteiger partial charge >= 0.3 is 18.1 Å². The Morgan fingerprint density at radius 1 is 0.844 bits per heavy atom. The Hall–Kier alpha value is -5.97. The van der Waals surface area contributed by atoms with E-state index in [1.165, 1.54) is 9.80 Å². The molecule has 3 heterocycles. The third kappa shape index (κ3) is 15.7. The lowest BCUT2D eigenvalue weighted by atomic mass is 10.0. The second-order valence-electron chi connectivity index (χ2n) is 16.2. The third-order valence-corrected chi connectivity index (χ3v) is 10.8. The summed E-state index contributed by atoms with van der Waals surface area (Å²) < 4.78 is 31.7. The zero-order valence-electron chi connectivity index (χ0n) is 36.1. The van der Waals surface area contributed by atoms with Gasteiger partial charge in [0.2, 0.25) is 29.5 Å². The zero-order chi connectivity index (χ0) is 47.7. The molecule has 0 radical (unpaired) electrons. The quantitative estimate of drug-likeness (QED) is 0.0462. The molecule has 2 aliphatic heterocycles. The van der Waals surface area contributed by atoms with Gasteiger partial charge < -0.3 is 63.9 Å². The van der Waals surface area contributed by atoms with E-state index in [0.717, 1.165) is 16.5 Å². The van der Waals surface area contributed by atoms with Crippen LogP contribution in [0, 0.1) is 5.92 Å². The highest BCUT2D eigenvalue weighted by molar-refractivity contribution is 5.97. The van der Waals surface area contributed by atoms with Crippen molar-refractivity contribution < 1.29 is 56.9 Å². The van der Waals surface area contributed by atoms with Crippen molar-refractivity contribution in [2.24, 2.45) is 33.8 Å². The van der Waals surface area contributed by atoms with Gasteiger partial charge in [-0.05, 0) is 88.3 Å². The van der Waals surface area contributed by atoms with Crippen LogP contribution in [0.4, 0.5) is 13.2 Å². The number of aliphatic imine (C=N–C) groups is 1. The lowest BCUT2D eigenvalue weighted by Crippen LogP contribution is -2.59. The fourth-order valence-corrected chi connectivity index (χ4v) is 7.64. The number of alkyl halides is 3. The van der Waals surface area contributed by atoms with Gasteiger partial charge in [0, 0.05) is 43.2 Å². The highest BCUT2D eigenvalue weighted by Crippen LogP contribution is 2.24. The first kappa shape index (κ1) is 52.4. The molecule has 23 heteroatoms. The molecule has 0 unspecified atom stereocenters. The van der Waals surface area contributed by atoms with Gasteiger partial charge in [-0.15, -0.1) is 0 Å². The van der Waals surface area contributed by atoms with Crippen LogP contribution in [-0.4, -0.2) is 141 Å². The summed E-state index contributed by atoms with van der Waals surface area (Å²) in [6, 6.07) is 1.56. The predicted octanol–water partition coefficient (Wildman–Crippen LogP) is 0.421. The molecule has 5 amide bonds. The van der Waals surface area contributed by atoms with E-state index >= 15 is 0 Å². The van der Waals surface area contributed by atoms with Gasteiger partial charge in [-0.2, -0.15) is 13.2 Å². The van der Waals surface area contributed by atoms with Crippen molar-refractivity contribution in [2.45, 2.75) is 127 Å². The number of carbonyl (C=O) groups is 7. The highest BCUT2D eigenvalue weighted by Gasteiger charge is 2.41. The minimum absolute atomic E-state index is 0.0227. The highest BCUT2D eigenvalue weighted by atomic mass is 19.4. The number of hydrogen-bond acceptors (Lipinski definition) is 10. The van der Waals surface area contributed by atoms with Crippen LogP contribution in [0.3, 0.4) is 0 Å². The molecule has 64 heavy (non-hydrogen) atoms. The average molecular weight is 910 g/mol. The number of rotatable bonds is 21. The van der Waals surface area contributed by atoms with Crippen molar-refractivity contribution in [2.75, 3.05) is 26.2 Å². The number of H-pyrrole nitrogens is 1. The van der Waals surface area contributed by atoms with E-state index in [1.807, 2.05) is 38.1 Å². The summed E-state index contributed by atoms with van der Waals surface area (Å²) in [5.41, 5.74) is 24.3. The van der Waals surface area contributed by atoms with Crippen molar-refractivity contribution in [1.82, 2.24) is 30.7 Å². The van der Waals surface area contributed by atoms with Gasteiger partial charge in [-0.25, -0.2) is 9.59 Å². The van der Waals surface area contributed by atoms with Crippen LogP contribution in [0.5, 0.6) is 0 Å². The fourth-order valence-electron chi connectivity index (χ4n) is 7.64. The van der Waals surface area contributed by atoms with E-state index in [4.69, 9.17) is 32.8 Å². The van der Waals surface area contributed by atoms with E-state index < -0.39 is 78.0 Å². The number of fused-ring (bicyclic) bond motifs is 1. The number of hydrogen-bond donors (Lipinski definition) is 10. The monoisotopic (exact) mass is 909 g/mol. The number of nitrogens with zero attached hydrogens (tertiary/aromatic N) is 3. The number of aromatic nitrogens is 1. The van der Waals surface area contributed by atoms with Gasteiger partial charge in [-0.3, -0.25) is 29.0 Å². The van der Waals surface area contributed by atoms with Crippen LogP contribution in [0.1, 0.15) is 83.6 Å². The number of amides is 5. The number of para-hydroxylation sites is 1. The molecule has 6 atom stereocenters. The van der Waals surface area contributed by atoms with Crippen LogP contribution in [0.2, 0.25) is 0 Å². The average Bonchev–Trinajstić information content (AvgIpc) is 4.01. The number of nitrogens with two attached hydrogens (primary N) is 4. The molecular formula is C41H62F3N11O9. The molecule has 356 valence electrons. The van der Waals surface area contributed by atoms with Gasteiger partial charge in [0.25, 0.3) is 0 Å². The number of likely N-dealkylation sites (tertiary alicyclic amines) is 2. The Balaban J connectivity index is 0.00000143. The SMILES string of the molecule is CC(C)C[C@H](NC(=O)[C@@H]1CCCN1C(=O)[C@@H](N)CCCN=C(N)N)C(=O)N[C@@H](CCCCN)C(=O)N1CCC[C@H]1C(=O)N[C@@H](Cc1c[nH]c2ccccc12)C(=O)O.O=C(O)C(F)(F)F. The molecule has 14 N–H and O–H groups in total. The Labute approximate surface area is 368 Å². The van der Waals surface area contributed by atoms with Gasteiger partial charge in [0.15, 0.2) is 5.96 Å². The van der Waals surface area contributed by atoms with Crippen molar-refractivity contribution >= 4 is 58.3 Å². The molecule has 0 saturated carbocycles. The Morgan fingerprint density at radius 3 is 1.97 bits per heavy atom. The standard InChI is InChI=1S/C39H61N11O7.C2HF3O2/c1-23(2)20-29(47-34(52)31-14-8-18-49(31)36(54)26(41)11-7-17-44-39(42)43)33(51)46-28(13-5-6-16-40)37(55)50-19-9-15-32(50)35(53)48-30(38(56)57)21-24-22-45-27-12-4-3-10-25(24)27;3-2(4,5)1(6)7/h3-4,10,12,22-23,26,28-32,45H,5-9,11,13-21,40-41H2,1-2H3,(H,46,51)(H,47,52)(H,48,53)(H,56,57)(H4,42,43,44);(H,6,7)/t26-,28-,29-,30-,31-,32-;/m0./s1. The van der Waals surface area contributed by atoms with Crippen LogP contribution in [-0.2, 0) is 40.0 Å². The third-order valence-electron chi connectivity index (χ3n) is 10.8. The Morgan fingerprint density at radius 2 is 1.42 bits per heavy atom. The van der Waals surface area contributed by atoms with E-state index in [2.05, 4.69) is 25.9 Å². The number of aromatic amines is 1.